The van der Waals surface area contributed by atoms with E-state index in [0.717, 1.165) is 13.2 Å². The molecule has 1 heteroatoms. The first-order valence-corrected chi connectivity index (χ1v) is 4.55. The molecule has 0 aromatic rings. The minimum absolute atomic E-state index is 0.678. The normalized spacial score (nSPS) is 26.6. The van der Waals surface area contributed by atoms with Crippen molar-refractivity contribution in [1.29, 1.82) is 0 Å². The maximum absolute atomic E-state index is 5.36. The molecular weight excluding hydrogens is 136 g/mol. The Kier molecular flexibility index (Phi) is 3.64. The lowest BCUT2D eigenvalue weighted by Crippen LogP contribution is -2.15. The molecule has 0 saturated carbocycles. The molecule has 64 valence electrons. The van der Waals surface area contributed by atoms with Gasteiger partial charge < -0.3 is 4.74 Å². The zero-order valence-corrected chi connectivity index (χ0v) is 7.55. The maximum Gasteiger partial charge on any atom is 0.0528 e. The molecule has 0 amide bonds. The van der Waals surface area contributed by atoms with Crippen LogP contribution in [0.1, 0.15) is 26.7 Å². The van der Waals surface area contributed by atoms with Gasteiger partial charge in [0, 0.05) is 12.5 Å². The molecule has 1 saturated heterocycles. The van der Waals surface area contributed by atoms with E-state index in [0.29, 0.717) is 11.8 Å². The van der Waals surface area contributed by atoms with Gasteiger partial charge in [0.1, 0.15) is 0 Å². The van der Waals surface area contributed by atoms with Gasteiger partial charge in [0.05, 0.1) is 6.61 Å². The first-order valence-electron chi connectivity index (χ1n) is 4.55. The average molecular weight is 154 g/mol. The summed E-state index contributed by atoms with van der Waals surface area (Å²) in [6.07, 6.45) is 7.12. The van der Waals surface area contributed by atoms with Gasteiger partial charge >= 0.3 is 0 Å². The van der Waals surface area contributed by atoms with Gasteiger partial charge in [0.2, 0.25) is 0 Å². The van der Waals surface area contributed by atoms with Crippen LogP contribution in [0.2, 0.25) is 0 Å². The maximum atomic E-state index is 5.36. The van der Waals surface area contributed by atoms with E-state index in [2.05, 4.69) is 26.0 Å². The van der Waals surface area contributed by atoms with E-state index in [1.54, 1.807) is 0 Å². The topological polar surface area (TPSA) is 9.23 Å². The van der Waals surface area contributed by atoms with Gasteiger partial charge in [-0.15, -0.1) is 0 Å². The number of allylic oxidation sites excluding steroid dienone is 1. The fourth-order valence-electron chi connectivity index (χ4n) is 1.30. The molecule has 1 fully saturated rings. The first-order chi connectivity index (χ1) is 5.29. The van der Waals surface area contributed by atoms with Crippen LogP contribution in [-0.2, 0) is 4.74 Å². The van der Waals surface area contributed by atoms with Gasteiger partial charge in [-0.3, -0.25) is 0 Å². The molecule has 1 rings (SSSR count). The van der Waals surface area contributed by atoms with Crippen LogP contribution in [0.4, 0.5) is 0 Å². The van der Waals surface area contributed by atoms with Crippen molar-refractivity contribution >= 4 is 0 Å². The van der Waals surface area contributed by atoms with Gasteiger partial charge in [-0.25, -0.2) is 0 Å². The highest BCUT2D eigenvalue weighted by Crippen LogP contribution is 2.15. The third-order valence-electron chi connectivity index (χ3n) is 1.96. The lowest BCUT2D eigenvalue weighted by molar-refractivity contribution is 0.0709. The molecule has 0 radical (unpaired) electrons. The number of rotatable bonds is 2. The Hall–Kier alpha value is -0.300. The molecule has 0 aromatic carbocycles. The van der Waals surface area contributed by atoms with Crippen molar-refractivity contribution in [2.75, 3.05) is 13.2 Å². The second kappa shape index (κ2) is 4.55. The summed E-state index contributed by atoms with van der Waals surface area (Å²) in [7, 11) is 0. The summed E-state index contributed by atoms with van der Waals surface area (Å²) in [5, 5.41) is 0. The quantitative estimate of drug-likeness (QED) is 0.555. The highest BCUT2D eigenvalue weighted by atomic mass is 16.5. The summed E-state index contributed by atoms with van der Waals surface area (Å²) in [6, 6.07) is 0. The van der Waals surface area contributed by atoms with Crippen molar-refractivity contribution in [2.24, 2.45) is 11.8 Å². The predicted molar refractivity (Wildman–Crippen MR) is 47.5 cm³/mol. The van der Waals surface area contributed by atoms with Crippen molar-refractivity contribution in [1.82, 2.24) is 0 Å². The fourth-order valence-corrected chi connectivity index (χ4v) is 1.30. The molecule has 0 bridgehead atoms. The summed E-state index contributed by atoms with van der Waals surface area (Å²) in [5.74, 6) is 1.36. The Bertz CT molecular complexity index is 121. The molecule has 1 heterocycles. The minimum Gasteiger partial charge on any atom is -0.381 e. The summed E-state index contributed by atoms with van der Waals surface area (Å²) in [4.78, 5) is 0. The van der Waals surface area contributed by atoms with Crippen LogP contribution in [0.3, 0.4) is 0 Å². The molecule has 1 nitrogen and oxygen atoms in total. The molecule has 0 spiro atoms. The third-order valence-corrected chi connectivity index (χ3v) is 1.96. The SMILES string of the molecule is CC(C)/C=C/C1CCCOC1. The van der Waals surface area contributed by atoms with Crippen LogP contribution in [0.25, 0.3) is 0 Å². The van der Waals surface area contributed by atoms with Crippen molar-refractivity contribution in [3.63, 3.8) is 0 Å². The number of hydrogen-bond acceptors (Lipinski definition) is 1. The van der Waals surface area contributed by atoms with E-state index in [4.69, 9.17) is 4.74 Å². The van der Waals surface area contributed by atoms with Crippen molar-refractivity contribution in [3.8, 4) is 0 Å². The second-order valence-corrected chi connectivity index (χ2v) is 3.61. The predicted octanol–water partition coefficient (Wildman–Crippen LogP) is 2.63. The first kappa shape index (κ1) is 8.79. The number of ether oxygens (including phenoxy) is 1. The van der Waals surface area contributed by atoms with Crippen LogP contribution in [0.5, 0.6) is 0 Å². The third kappa shape index (κ3) is 3.57. The van der Waals surface area contributed by atoms with E-state index in [1.165, 1.54) is 12.8 Å². The van der Waals surface area contributed by atoms with E-state index in [9.17, 15) is 0 Å². The van der Waals surface area contributed by atoms with Gasteiger partial charge in [0.25, 0.3) is 0 Å². The molecule has 1 unspecified atom stereocenters. The fraction of sp³-hybridized carbons (Fsp3) is 0.800. The molecular formula is C10H18O. The van der Waals surface area contributed by atoms with Crippen molar-refractivity contribution in [3.05, 3.63) is 12.2 Å². The standard InChI is InChI=1S/C10H18O/c1-9(2)5-6-10-4-3-7-11-8-10/h5-6,9-10H,3-4,7-8H2,1-2H3/b6-5+. The summed E-state index contributed by atoms with van der Waals surface area (Å²) >= 11 is 0. The van der Waals surface area contributed by atoms with E-state index < -0.39 is 0 Å². The van der Waals surface area contributed by atoms with Crippen LogP contribution in [0, 0.1) is 11.8 Å². The lowest BCUT2D eigenvalue weighted by atomic mass is 10.0. The van der Waals surface area contributed by atoms with Crippen molar-refractivity contribution in [2.45, 2.75) is 26.7 Å². The zero-order valence-electron chi connectivity index (χ0n) is 7.55. The Morgan fingerprint density at radius 1 is 1.45 bits per heavy atom. The highest BCUT2D eigenvalue weighted by Gasteiger charge is 2.09. The van der Waals surface area contributed by atoms with E-state index >= 15 is 0 Å². The van der Waals surface area contributed by atoms with Gasteiger partial charge in [-0.05, 0) is 18.8 Å². The highest BCUT2D eigenvalue weighted by molar-refractivity contribution is 4.91. The molecule has 1 aliphatic heterocycles. The van der Waals surface area contributed by atoms with Crippen LogP contribution < -0.4 is 0 Å². The Labute approximate surface area is 69.4 Å². The Morgan fingerprint density at radius 2 is 2.27 bits per heavy atom. The number of hydrogen-bond donors (Lipinski definition) is 0. The lowest BCUT2D eigenvalue weighted by Gasteiger charge is -2.18. The summed E-state index contributed by atoms with van der Waals surface area (Å²) in [6.45, 7) is 6.32. The molecule has 11 heavy (non-hydrogen) atoms. The van der Waals surface area contributed by atoms with Crippen molar-refractivity contribution < 1.29 is 4.74 Å². The van der Waals surface area contributed by atoms with Gasteiger partial charge in [-0.2, -0.15) is 0 Å². The second-order valence-electron chi connectivity index (χ2n) is 3.61. The zero-order chi connectivity index (χ0) is 8.10. The summed E-state index contributed by atoms with van der Waals surface area (Å²) < 4.78 is 5.36. The molecule has 1 atom stereocenters. The smallest absolute Gasteiger partial charge is 0.0528 e. The summed E-state index contributed by atoms with van der Waals surface area (Å²) in [5.41, 5.74) is 0. The van der Waals surface area contributed by atoms with Crippen LogP contribution >= 0.6 is 0 Å². The van der Waals surface area contributed by atoms with Gasteiger partial charge in [-0.1, -0.05) is 26.0 Å². The Morgan fingerprint density at radius 3 is 2.82 bits per heavy atom. The van der Waals surface area contributed by atoms with Crippen LogP contribution in [0.15, 0.2) is 12.2 Å². The minimum atomic E-state index is 0.678. The monoisotopic (exact) mass is 154 g/mol. The van der Waals surface area contributed by atoms with E-state index in [1.807, 2.05) is 0 Å². The van der Waals surface area contributed by atoms with Crippen LogP contribution in [-0.4, -0.2) is 13.2 Å². The van der Waals surface area contributed by atoms with E-state index in [-0.39, 0.29) is 0 Å². The molecule has 0 aliphatic carbocycles. The largest absolute Gasteiger partial charge is 0.381 e. The molecule has 0 aromatic heterocycles. The van der Waals surface area contributed by atoms with Gasteiger partial charge in [0.15, 0.2) is 0 Å². The average Bonchev–Trinajstić information content (AvgIpc) is 2.03. The molecule has 1 aliphatic rings. The Balaban J connectivity index is 2.23. The molecule has 0 N–H and O–H groups in total.